The molecule has 3 atom stereocenters. The Hall–Kier alpha value is -0.900. The highest BCUT2D eigenvalue weighted by Gasteiger charge is 2.28. The second kappa shape index (κ2) is 8.52. The molecule has 0 spiro atoms. The molecule has 118 valence electrons. The van der Waals surface area contributed by atoms with E-state index in [9.17, 15) is 0 Å². The van der Waals surface area contributed by atoms with Crippen molar-refractivity contribution in [3.8, 4) is 0 Å². The van der Waals surface area contributed by atoms with Crippen LogP contribution < -0.4 is 5.32 Å². The lowest BCUT2D eigenvalue weighted by atomic mass is 9.96. The van der Waals surface area contributed by atoms with Crippen LogP contribution in [0.25, 0.3) is 0 Å². The highest BCUT2D eigenvalue weighted by molar-refractivity contribution is 5.20. The zero-order valence-electron chi connectivity index (χ0n) is 13.7. The second-order valence-corrected chi connectivity index (χ2v) is 5.90. The number of hydrogen-bond acceptors (Lipinski definition) is 3. The van der Waals surface area contributed by atoms with Crippen LogP contribution in [0, 0.1) is 0 Å². The molecule has 1 aromatic rings. The van der Waals surface area contributed by atoms with Crippen molar-refractivity contribution in [2.45, 2.75) is 51.8 Å². The summed E-state index contributed by atoms with van der Waals surface area (Å²) in [4.78, 5) is 2.59. The molecule has 0 aromatic heterocycles. The number of ether oxygens (including phenoxy) is 1. The predicted octanol–water partition coefficient (Wildman–Crippen LogP) is 3.23. The molecule has 0 radical (unpaired) electrons. The maximum atomic E-state index is 5.85. The highest BCUT2D eigenvalue weighted by atomic mass is 16.5. The average molecular weight is 290 g/mol. The zero-order chi connectivity index (χ0) is 15.1. The minimum Gasteiger partial charge on any atom is -0.377 e. The first-order valence-electron chi connectivity index (χ1n) is 8.40. The van der Waals surface area contributed by atoms with Gasteiger partial charge >= 0.3 is 0 Å². The normalized spacial score (nSPS) is 22.9. The Balaban J connectivity index is 2.05. The number of benzene rings is 1. The average Bonchev–Trinajstić information content (AvgIpc) is 2.53. The molecular weight excluding hydrogens is 260 g/mol. The van der Waals surface area contributed by atoms with Crippen molar-refractivity contribution in [1.82, 2.24) is 10.2 Å². The van der Waals surface area contributed by atoms with Crippen LogP contribution in [-0.2, 0) is 4.74 Å². The monoisotopic (exact) mass is 290 g/mol. The number of hydrogen-bond donors (Lipinski definition) is 1. The van der Waals surface area contributed by atoms with Crippen LogP contribution in [0.15, 0.2) is 30.3 Å². The zero-order valence-corrected chi connectivity index (χ0v) is 13.7. The SMILES string of the molecule is CCNC(c1ccccc1)C(C)N1CCCC(OCC)C1. The lowest BCUT2D eigenvalue weighted by Gasteiger charge is -2.40. The minimum absolute atomic E-state index is 0.386. The number of nitrogens with zero attached hydrogens (tertiary/aromatic N) is 1. The molecule has 21 heavy (non-hydrogen) atoms. The number of rotatable bonds is 7. The molecule has 1 aliphatic heterocycles. The molecule has 2 rings (SSSR count). The van der Waals surface area contributed by atoms with E-state index in [1.165, 1.54) is 24.9 Å². The summed E-state index contributed by atoms with van der Waals surface area (Å²) in [5, 5.41) is 3.66. The molecule has 1 aromatic carbocycles. The van der Waals surface area contributed by atoms with Gasteiger partial charge in [0.05, 0.1) is 6.10 Å². The summed E-state index contributed by atoms with van der Waals surface area (Å²) in [6.45, 7) is 10.7. The van der Waals surface area contributed by atoms with E-state index < -0.39 is 0 Å². The van der Waals surface area contributed by atoms with Gasteiger partial charge in [-0.1, -0.05) is 37.3 Å². The van der Waals surface area contributed by atoms with Crippen molar-refractivity contribution < 1.29 is 4.74 Å². The van der Waals surface area contributed by atoms with Gasteiger partial charge in [0, 0.05) is 25.2 Å². The Labute approximate surface area is 129 Å². The molecule has 3 unspecified atom stereocenters. The van der Waals surface area contributed by atoms with Crippen LogP contribution >= 0.6 is 0 Å². The molecular formula is C18H30N2O. The molecule has 0 saturated carbocycles. The summed E-state index contributed by atoms with van der Waals surface area (Å²) in [6.07, 6.45) is 2.85. The fraction of sp³-hybridized carbons (Fsp3) is 0.667. The van der Waals surface area contributed by atoms with Gasteiger partial charge < -0.3 is 10.1 Å². The lowest BCUT2D eigenvalue weighted by Crippen LogP contribution is -2.49. The molecule has 3 nitrogen and oxygen atoms in total. The van der Waals surface area contributed by atoms with Crippen LogP contribution in [0.4, 0.5) is 0 Å². The summed E-state index contributed by atoms with van der Waals surface area (Å²) >= 11 is 0. The van der Waals surface area contributed by atoms with E-state index >= 15 is 0 Å². The Morgan fingerprint density at radius 3 is 2.71 bits per heavy atom. The first kappa shape index (κ1) is 16.5. The van der Waals surface area contributed by atoms with Gasteiger partial charge in [0.1, 0.15) is 0 Å². The van der Waals surface area contributed by atoms with Crippen molar-refractivity contribution in [3.05, 3.63) is 35.9 Å². The fourth-order valence-electron chi connectivity index (χ4n) is 3.37. The van der Waals surface area contributed by atoms with Crippen molar-refractivity contribution in [2.24, 2.45) is 0 Å². The van der Waals surface area contributed by atoms with Crippen LogP contribution in [0.5, 0.6) is 0 Å². The molecule has 1 saturated heterocycles. The topological polar surface area (TPSA) is 24.5 Å². The third-order valence-corrected chi connectivity index (χ3v) is 4.45. The van der Waals surface area contributed by atoms with E-state index in [0.29, 0.717) is 18.2 Å². The molecule has 1 N–H and O–H groups in total. The molecule has 0 amide bonds. The standard InChI is InChI=1S/C18H30N2O/c1-4-19-18(16-10-7-6-8-11-16)15(3)20-13-9-12-17(14-20)21-5-2/h6-8,10-11,15,17-19H,4-5,9,12-14H2,1-3H3. The van der Waals surface area contributed by atoms with Gasteiger partial charge in [0.15, 0.2) is 0 Å². The Bertz CT molecular complexity index is 393. The number of likely N-dealkylation sites (tertiary alicyclic amines) is 1. The predicted molar refractivity (Wildman–Crippen MR) is 88.5 cm³/mol. The molecule has 1 heterocycles. The van der Waals surface area contributed by atoms with E-state index in [-0.39, 0.29) is 0 Å². The number of nitrogens with one attached hydrogen (secondary N) is 1. The van der Waals surface area contributed by atoms with Gasteiger partial charge in [-0.15, -0.1) is 0 Å². The maximum absolute atomic E-state index is 5.85. The maximum Gasteiger partial charge on any atom is 0.0702 e. The molecule has 1 fully saturated rings. The second-order valence-electron chi connectivity index (χ2n) is 5.90. The quantitative estimate of drug-likeness (QED) is 0.834. The Morgan fingerprint density at radius 1 is 1.29 bits per heavy atom. The smallest absolute Gasteiger partial charge is 0.0702 e. The summed E-state index contributed by atoms with van der Waals surface area (Å²) in [6, 6.07) is 11.7. The third-order valence-electron chi connectivity index (χ3n) is 4.45. The van der Waals surface area contributed by atoms with E-state index in [0.717, 1.165) is 19.7 Å². The number of likely N-dealkylation sites (N-methyl/N-ethyl adjacent to an activating group) is 1. The van der Waals surface area contributed by atoms with Crippen LogP contribution in [0.2, 0.25) is 0 Å². The van der Waals surface area contributed by atoms with Crippen molar-refractivity contribution in [2.75, 3.05) is 26.2 Å². The molecule has 0 bridgehead atoms. The van der Waals surface area contributed by atoms with Crippen LogP contribution in [-0.4, -0.2) is 43.3 Å². The van der Waals surface area contributed by atoms with Gasteiger partial charge in [-0.25, -0.2) is 0 Å². The van der Waals surface area contributed by atoms with Gasteiger partial charge in [-0.3, -0.25) is 4.90 Å². The Kier molecular flexibility index (Phi) is 6.68. The largest absolute Gasteiger partial charge is 0.377 e. The van der Waals surface area contributed by atoms with Gasteiger partial charge in [0.25, 0.3) is 0 Å². The number of piperidine rings is 1. The minimum atomic E-state index is 0.386. The summed E-state index contributed by atoms with van der Waals surface area (Å²) in [7, 11) is 0. The van der Waals surface area contributed by atoms with E-state index in [4.69, 9.17) is 4.74 Å². The highest BCUT2D eigenvalue weighted by Crippen LogP contribution is 2.24. The molecule has 0 aliphatic carbocycles. The molecule has 1 aliphatic rings. The third kappa shape index (κ3) is 4.53. The van der Waals surface area contributed by atoms with E-state index in [1.54, 1.807) is 0 Å². The first-order chi connectivity index (χ1) is 10.3. The summed E-state index contributed by atoms with van der Waals surface area (Å²) in [5.74, 6) is 0. The van der Waals surface area contributed by atoms with Gasteiger partial charge in [-0.2, -0.15) is 0 Å². The van der Waals surface area contributed by atoms with Crippen molar-refractivity contribution in [1.29, 1.82) is 0 Å². The summed E-state index contributed by atoms with van der Waals surface area (Å²) < 4.78 is 5.85. The van der Waals surface area contributed by atoms with E-state index in [1.807, 2.05) is 0 Å². The van der Waals surface area contributed by atoms with E-state index in [2.05, 4.69) is 61.3 Å². The van der Waals surface area contributed by atoms with Gasteiger partial charge in [0.2, 0.25) is 0 Å². The van der Waals surface area contributed by atoms with Crippen LogP contribution in [0.1, 0.15) is 45.2 Å². The van der Waals surface area contributed by atoms with Crippen molar-refractivity contribution >= 4 is 0 Å². The van der Waals surface area contributed by atoms with Crippen LogP contribution in [0.3, 0.4) is 0 Å². The Morgan fingerprint density at radius 2 is 2.05 bits per heavy atom. The van der Waals surface area contributed by atoms with Crippen molar-refractivity contribution in [3.63, 3.8) is 0 Å². The summed E-state index contributed by atoms with van der Waals surface area (Å²) in [5.41, 5.74) is 1.38. The lowest BCUT2D eigenvalue weighted by molar-refractivity contribution is -0.0101. The van der Waals surface area contributed by atoms with Gasteiger partial charge in [-0.05, 0) is 45.3 Å². The fourth-order valence-corrected chi connectivity index (χ4v) is 3.37. The molecule has 3 heteroatoms. The first-order valence-corrected chi connectivity index (χ1v) is 8.40.